The van der Waals surface area contributed by atoms with E-state index < -0.39 is 0 Å². The monoisotopic (exact) mass is 344 g/mol. The van der Waals surface area contributed by atoms with E-state index in [0.717, 1.165) is 33.4 Å². The standard InChI is InChI=1S/C17H17BrN2O/c1-10-3-4-13(14(18)7-10)17(21)20-6-5-12-8-11(2)15(19)9-16(12)20/h3-4,7-9H,5-6,19H2,1-2H3. The maximum Gasteiger partial charge on any atom is 0.259 e. The van der Waals surface area contributed by atoms with E-state index in [9.17, 15) is 4.79 Å². The third-order valence-corrected chi connectivity index (χ3v) is 4.62. The molecule has 3 rings (SSSR count). The average molecular weight is 345 g/mol. The third kappa shape index (κ3) is 2.44. The van der Waals surface area contributed by atoms with Gasteiger partial charge < -0.3 is 10.6 Å². The van der Waals surface area contributed by atoms with Crippen LogP contribution in [0.2, 0.25) is 0 Å². The Morgan fingerprint density at radius 2 is 2.00 bits per heavy atom. The zero-order valence-electron chi connectivity index (χ0n) is 12.1. The van der Waals surface area contributed by atoms with Crippen LogP contribution >= 0.6 is 15.9 Å². The lowest BCUT2D eigenvalue weighted by Gasteiger charge is -2.19. The number of carbonyl (C=O) groups is 1. The molecule has 0 atom stereocenters. The van der Waals surface area contributed by atoms with E-state index in [2.05, 4.69) is 22.0 Å². The highest BCUT2D eigenvalue weighted by Gasteiger charge is 2.27. The molecule has 0 saturated heterocycles. The molecule has 2 aromatic rings. The summed E-state index contributed by atoms with van der Waals surface area (Å²) in [6.07, 6.45) is 0.881. The first-order valence-corrected chi connectivity index (χ1v) is 7.73. The van der Waals surface area contributed by atoms with Crippen molar-refractivity contribution >= 4 is 33.2 Å². The van der Waals surface area contributed by atoms with Crippen LogP contribution in [0.1, 0.15) is 27.0 Å². The Hall–Kier alpha value is -1.81. The van der Waals surface area contributed by atoms with E-state index in [4.69, 9.17) is 5.73 Å². The minimum atomic E-state index is 0.0175. The largest absolute Gasteiger partial charge is 0.398 e. The van der Waals surface area contributed by atoms with Gasteiger partial charge in [0.1, 0.15) is 0 Å². The molecule has 21 heavy (non-hydrogen) atoms. The molecule has 1 aliphatic heterocycles. The van der Waals surface area contributed by atoms with Crippen LogP contribution in [-0.2, 0) is 6.42 Å². The van der Waals surface area contributed by atoms with Crippen molar-refractivity contribution in [3.8, 4) is 0 Å². The lowest BCUT2D eigenvalue weighted by Crippen LogP contribution is -2.29. The van der Waals surface area contributed by atoms with E-state index in [1.165, 1.54) is 5.56 Å². The maximum absolute atomic E-state index is 12.8. The molecule has 0 spiro atoms. The number of halogens is 1. The summed E-state index contributed by atoms with van der Waals surface area (Å²) in [6, 6.07) is 9.79. The number of anilines is 2. The van der Waals surface area contributed by atoms with Gasteiger partial charge in [-0.1, -0.05) is 12.1 Å². The Kier molecular flexibility index (Phi) is 3.49. The number of benzene rings is 2. The van der Waals surface area contributed by atoms with Crippen molar-refractivity contribution in [2.75, 3.05) is 17.2 Å². The van der Waals surface area contributed by atoms with Gasteiger partial charge in [0.25, 0.3) is 5.91 Å². The Bertz CT molecular complexity index is 740. The number of hydrogen-bond acceptors (Lipinski definition) is 2. The number of nitrogens with zero attached hydrogens (tertiary/aromatic N) is 1. The first kappa shape index (κ1) is 14.1. The number of amides is 1. The molecular formula is C17H17BrN2O. The fourth-order valence-electron chi connectivity index (χ4n) is 2.73. The lowest BCUT2D eigenvalue weighted by molar-refractivity contribution is 0.0988. The van der Waals surface area contributed by atoms with Crippen LogP contribution in [0.25, 0.3) is 0 Å². The first-order valence-electron chi connectivity index (χ1n) is 6.94. The molecule has 4 heteroatoms. The molecule has 1 heterocycles. The average Bonchev–Trinajstić information content (AvgIpc) is 2.81. The van der Waals surface area contributed by atoms with Crippen LogP contribution in [0.4, 0.5) is 11.4 Å². The number of rotatable bonds is 1. The van der Waals surface area contributed by atoms with Crippen molar-refractivity contribution in [3.05, 3.63) is 57.1 Å². The minimum Gasteiger partial charge on any atom is -0.398 e. The molecule has 0 fully saturated rings. The van der Waals surface area contributed by atoms with Crippen LogP contribution in [0.15, 0.2) is 34.8 Å². The quantitative estimate of drug-likeness (QED) is 0.798. The van der Waals surface area contributed by atoms with Gasteiger partial charge in [0.15, 0.2) is 0 Å². The molecule has 0 saturated carbocycles. The van der Waals surface area contributed by atoms with Crippen LogP contribution in [0, 0.1) is 13.8 Å². The van der Waals surface area contributed by atoms with Gasteiger partial charge in [-0.3, -0.25) is 4.79 Å². The number of fused-ring (bicyclic) bond motifs is 1. The Morgan fingerprint density at radius 1 is 1.24 bits per heavy atom. The van der Waals surface area contributed by atoms with Crippen molar-refractivity contribution in [3.63, 3.8) is 0 Å². The van der Waals surface area contributed by atoms with E-state index >= 15 is 0 Å². The second-order valence-electron chi connectivity index (χ2n) is 5.53. The molecule has 2 aromatic carbocycles. The predicted octanol–water partition coefficient (Wildman–Crippen LogP) is 3.85. The van der Waals surface area contributed by atoms with Crippen LogP contribution in [0.3, 0.4) is 0 Å². The van der Waals surface area contributed by atoms with Crippen molar-refractivity contribution in [2.24, 2.45) is 0 Å². The van der Waals surface area contributed by atoms with Gasteiger partial charge in [-0.15, -0.1) is 0 Å². The number of hydrogen-bond donors (Lipinski definition) is 1. The summed E-state index contributed by atoms with van der Waals surface area (Å²) in [5.74, 6) is 0.0175. The van der Waals surface area contributed by atoms with Gasteiger partial charge in [-0.25, -0.2) is 0 Å². The number of nitrogens with two attached hydrogens (primary N) is 1. The highest BCUT2D eigenvalue weighted by atomic mass is 79.9. The summed E-state index contributed by atoms with van der Waals surface area (Å²) in [5, 5.41) is 0. The summed E-state index contributed by atoms with van der Waals surface area (Å²) in [7, 11) is 0. The molecule has 0 aromatic heterocycles. The molecular weight excluding hydrogens is 328 g/mol. The summed E-state index contributed by atoms with van der Waals surface area (Å²) in [6.45, 7) is 4.71. The summed E-state index contributed by atoms with van der Waals surface area (Å²) in [5.41, 5.74) is 11.7. The topological polar surface area (TPSA) is 46.3 Å². The normalized spacial score (nSPS) is 13.4. The van der Waals surface area contributed by atoms with Gasteiger partial charge >= 0.3 is 0 Å². The molecule has 0 aliphatic carbocycles. The number of aryl methyl sites for hydroxylation is 2. The van der Waals surface area contributed by atoms with E-state index in [1.807, 2.05) is 43.0 Å². The van der Waals surface area contributed by atoms with Gasteiger partial charge in [-0.2, -0.15) is 0 Å². The van der Waals surface area contributed by atoms with E-state index in [0.29, 0.717) is 12.1 Å². The molecule has 1 aliphatic rings. The first-order chi connectivity index (χ1) is 9.97. The zero-order chi connectivity index (χ0) is 15.1. The number of nitrogen functional groups attached to an aromatic ring is 1. The summed E-state index contributed by atoms with van der Waals surface area (Å²) < 4.78 is 0.834. The molecule has 2 N–H and O–H groups in total. The lowest BCUT2D eigenvalue weighted by atomic mass is 10.1. The highest BCUT2D eigenvalue weighted by Crippen LogP contribution is 2.34. The maximum atomic E-state index is 12.8. The fraction of sp³-hybridized carbons (Fsp3) is 0.235. The summed E-state index contributed by atoms with van der Waals surface area (Å²) >= 11 is 3.49. The Labute approximate surface area is 132 Å². The van der Waals surface area contributed by atoms with Crippen molar-refractivity contribution in [1.82, 2.24) is 0 Å². The molecule has 108 valence electrons. The van der Waals surface area contributed by atoms with Crippen LogP contribution < -0.4 is 10.6 Å². The van der Waals surface area contributed by atoms with Crippen molar-refractivity contribution in [2.45, 2.75) is 20.3 Å². The smallest absolute Gasteiger partial charge is 0.259 e. The zero-order valence-corrected chi connectivity index (χ0v) is 13.7. The fourth-order valence-corrected chi connectivity index (χ4v) is 3.39. The van der Waals surface area contributed by atoms with Crippen molar-refractivity contribution in [1.29, 1.82) is 0 Å². The molecule has 1 amide bonds. The molecule has 0 radical (unpaired) electrons. The highest BCUT2D eigenvalue weighted by molar-refractivity contribution is 9.10. The van der Waals surface area contributed by atoms with E-state index in [-0.39, 0.29) is 5.91 Å². The van der Waals surface area contributed by atoms with Gasteiger partial charge in [0.05, 0.1) is 5.56 Å². The van der Waals surface area contributed by atoms with E-state index in [1.54, 1.807) is 0 Å². The third-order valence-electron chi connectivity index (χ3n) is 3.96. The van der Waals surface area contributed by atoms with Crippen LogP contribution in [-0.4, -0.2) is 12.5 Å². The van der Waals surface area contributed by atoms with Crippen LogP contribution in [0.5, 0.6) is 0 Å². The molecule has 0 unspecified atom stereocenters. The Balaban J connectivity index is 2.00. The van der Waals surface area contributed by atoms with Crippen molar-refractivity contribution < 1.29 is 4.79 Å². The number of carbonyl (C=O) groups excluding carboxylic acids is 1. The molecule has 3 nitrogen and oxygen atoms in total. The van der Waals surface area contributed by atoms with Gasteiger partial charge in [0.2, 0.25) is 0 Å². The predicted molar refractivity (Wildman–Crippen MR) is 89.9 cm³/mol. The second kappa shape index (κ2) is 5.19. The minimum absolute atomic E-state index is 0.0175. The second-order valence-corrected chi connectivity index (χ2v) is 6.38. The van der Waals surface area contributed by atoms with Gasteiger partial charge in [0, 0.05) is 22.4 Å². The van der Waals surface area contributed by atoms with Gasteiger partial charge in [-0.05, 0) is 71.1 Å². The summed E-state index contributed by atoms with van der Waals surface area (Å²) in [4.78, 5) is 14.6. The Morgan fingerprint density at radius 3 is 2.71 bits per heavy atom. The molecule has 0 bridgehead atoms. The SMILES string of the molecule is Cc1ccc(C(=O)N2CCc3cc(C)c(N)cc32)c(Br)c1.